The van der Waals surface area contributed by atoms with Crippen LogP contribution < -0.4 is 10.2 Å². The number of pyridine rings is 1. The fourth-order valence-electron chi connectivity index (χ4n) is 2.54. The van der Waals surface area contributed by atoms with E-state index in [1.165, 1.54) is 12.8 Å². The molecule has 0 bridgehead atoms. The number of hydrogen-bond acceptors (Lipinski definition) is 3. The summed E-state index contributed by atoms with van der Waals surface area (Å²) in [5.74, 6) is -0.895. The zero-order chi connectivity index (χ0) is 12.5. The summed E-state index contributed by atoms with van der Waals surface area (Å²) in [5, 5.41) is 3.46. The summed E-state index contributed by atoms with van der Waals surface area (Å²) in [6.45, 7) is 1.66. The maximum absolute atomic E-state index is 13.7. The minimum atomic E-state index is -0.622. The van der Waals surface area contributed by atoms with Gasteiger partial charge in [-0.2, -0.15) is 0 Å². The molecule has 2 fully saturated rings. The van der Waals surface area contributed by atoms with Crippen molar-refractivity contribution in [2.45, 2.75) is 37.8 Å². The van der Waals surface area contributed by atoms with Crippen molar-refractivity contribution >= 4 is 5.82 Å². The number of anilines is 1. The Bertz CT molecular complexity index is 434. The highest BCUT2D eigenvalue weighted by atomic mass is 19.1. The molecular formula is C13H17F2N3. The first-order chi connectivity index (χ1) is 8.74. The minimum Gasteiger partial charge on any atom is -0.350 e. The molecule has 2 aliphatic rings. The third kappa shape index (κ3) is 2.46. The Morgan fingerprint density at radius 1 is 1.33 bits per heavy atom. The van der Waals surface area contributed by atoms with E-state index in [9.17, 15) is 8.78 Å². The zero-order valence-corrected chi connectivity index (χ0v) is 10.2. The van der Waals surface area contributed by atoms with E-state index in [-0.39, 0.29) is 11.9 Å². The van der Waals surface area contributed by atoms with Gasteiger partial charge in [0.2, 0.25) is 0 Å². The van der Waals surface area contributed by atoms with Crippen molar-refractivity contribution in [1.29, 1.82) is 0 Å². The number of halogens is 2. The van der Waals surface area contributed by atoms with Crippen LogP contribution in [0.3, 0.4) is 0 Å². The molecule has 1 aliphatic carbocycles. The Morgan fingerprint density at radius 2 is 2.17 bits per heavy atom. The molecular weight excluding hydrogens is 236 g/mol. The maximum Gasteiger partial charge on any atom is 0.168 e. The molecule has 1 unspecified atom stereocenters. The van der Waals surface area contributed by atoms with Gasteiger partial charge in [0, 0.05) is 31.2 Å². The molecule has 0 spiro atoms. The van der Waals surface area contributed by atoms with Crippen LogP contribution in [0.4, 0.5) is 14.6 Å². The van der Waals surface area contributed by atoms with Crippen molar-refractivity contribution in [3.05, 3.63) is 23.9 Å². The molecule has 1 saturated carbocycles. The van der Waals surface area contributed by atoms with Gasteiger partial charge in [-0.1, -0.05) is 0 Å². The Hall–Kier alpha value is -1.23. The first kappa shape index (κ1) is 11.8. The summed E-state index contributed by atoms with van der Waals surface area (Å²) >= 11 is 0. The summed E-state index contributed by atoms with van der Waals surface area (Å²) in [6, 6.07) is 1.84. The molecule has 2 heterocycles. The van der Waals surface area contributed by atoms with Crippen LogP contribution in [-0.4, -0.2) is 30.2 Å². The van der Waals surface area contributed by atoms with Crippen molar-refractivity contribution in [2.75, 3.05) is 18.0 Å². The van der Waals surface area contributed by atoms with Gasteiger partial charge in [0.15, 0.2) is 11.6 Å². The third-order valence-corrected chi connectivity index (χ3v) is 3.66. The Balaban J connectivity index is 1.72. The second-order valence-electron chi connectivity index (χ2n) is 5.13. The number of hydrogen-bond donors (Lipinski definition) is 1. The van der Waals surface area contributed by atoms with E-state index in [4.69, 9.17) is 0 Å². The molecule has 3 nitrogen and oxygen atoms in total. The van der Waals surface area contributed by atoms with Gasteiger partial charge in [-0.05, 0) is 25.7 Å². The smallest absolute Gasteiger partial charge is 0.168 e. The van der Waals surface area contributed by atoms with Gasteiger partial charge in [0.05, 0.1) is 6.20 Å². The fraction of sp³-hybridized carbons (Fsp3) is 0.615. The molecule has 1 saturated heterocycles. The van der Waals surface area contributed by atoms with Gasteiger partial charge in [-0.15, -0.1) is 0 Å². The maximum atomic E-state index is 13.7. The van der Waals surface area contributed by atoms with Gasteiger partial charge >= 0.3 is 0 Å². The predicted molar refractivity (Wildman–Crippen MR) is 65.5 cm³/mol. The Kier molecular flexibility index (Phi) is 3.16. The predicted octanol–water partition coefficient (Wildman–Crippen LogP) is 2.08. The summed E-state index contributed by atoms with van der Waals surface area (Å²) in [6.07, 6.45) is 5.65. The van der Waals surface area contributed by atoms with Gasteiger partial charge in [-0.25, -0.2) is 13.8 Å². The van der Waals surface area contributed by atoms with Crippen LogP contribution in [0.1, 0.15) is 25.7 Å². The lowest BCUT2D eigenvalue weighted by Crippen LogP contribution is -2.39. The molecule has 18 heavy (non-hydrogen) atoms. The van der Waals surface area contributed by atoms with E-state index in [1.807, 2.05) is 4.90 Å². The molecule has 3 rings (SSSR count). The first-order valence-electron chi connectivity index (χ1n) is 6.55. The van der Waals surface area contributed by atoms with Crippen molar-refractivity contribution < 1.29 is 8.78 Å². The molecule has 0 radical (unpaired) electrons. The highest BCUT2D eigenvalue weighted by Crippen LogP contribution is 2.27. The van der Waals surface area contributed by atoms with Crippen molar-refractivity contribution in [3.8, 4) is 0 Å². The molecule has 0 aromatic carbocycles. The minimum absolute atomic E-state index is 0.276. The molecule has 1 aromatic rings. The average Bonchev–Trinajstić information content (AvgIpc) is 3.06. The standard InChI is InChI=1S/C13H17F2N3/c14-9-6-12(15)13(17-7-9)18-5-1-2-11(18)8-16-10-3-4-10/h6-7,10-11,16H,1-5,8H2. The molecule has 5 heteroatoms. The van der Waals surface area contributed by atoms with E-state index < -0.39 is 11.6 Å². The van der Waals surface area contributed by atoms with E-state index in [0.717, 1.165) is 38.2 Å². The van der Waals surface area contributed by atoms with Crippen molar-refractivity contribution in [3.63, 3.8) is 0 Å². The van der Waals surface area contributed by atoms with Gasteiger partial charge in [-0.3, -0.25) is 0 Å². The fourth-order valence-corrected chi connectivity index (χ4v) is 2.54. The lowest BCUT2D eigenvalue weighted by molar-refractivity contribution is 0.541. The van der Waals surface area contributed by atoms with Crippen LogP contribution >= 0.6 is 0 Å². The molecule has 98 valence electrons. The molecule has 1 atom stereocenters. The van der Waals surface area contributed by atoms with Crippen LogP contribution in [0.5, 0.6) is 0 Å². The van der Waals surface area contributed by atoms with E-state index >= 15 is 0 Å². The van der Waals surface area contributed by atoms with Crippen LogP contribution in [0.25, 0.3) is 0 Å². The number of aromatic nitrogens is 1. The highest BCUT2D eigenvalue weighted by molar-refractivity contribution is 5.42. The molecule has 1 aliphatic heterocycles. The van der Waals surface area contributed by atoms with Crippen LogP contribution in [0.2, 0.25) is 0 Å². The average molecular weight is 253 g/mol. The Labute approximate surface area is 105 Å². The largest absolute Gasteiger partial charge is 0.350 e. The number of nitrogens with one attached hydrogen (secondary N) is 1. The summed E-state index contributed by atoms with van der Waals surface area (Å²) < 4.78 is 26.6. The van der Waals surface area contributed by atoms with Crippen molar-refractivity contribution in [1.82, 2.24) is 10.3 Å². The molecule has 1 N–H and O–H groups in total. The number of nitrogens with zero attached hydrogens (tertiary/aromatic N) is 2. The summed E-state index contributed by atoms with van der Waals surface area (Å²) in [5.41, 5.74) is 0. The quantitative estimate of drug-likeness (QED) is 0.890. The second kappa shape index (κ2) is 4.80. The van der Waals surface area contributed by atoms with Gasteiger partial charge < -0.3 is 10.2 Å². The summed E-state index contributed by atoms with van der Waals surface area (Å²) in [4.78, 5) is 5.86. The second-order valence-corrected chi connectivity index (χ2v) is 5.13. The van der Waals surface area contributed by atoms with Crippen LogP contribution in [-0.2, 0) is 0 Å². The highest BCUT2D eigenvalue weighted by Gasteiger charge is 2.29. The topological polar surface area (TPSA) is 28.2 Å². The molecule has 1 aromatic heterocycles. The Morgan fingerprint density at radius 3 is 2.89 bits per heavy atom. The lowest BCUT2D eigenvalue weighted by Gasteiger charge is -2.26. The SMILES string of the molecule is Fc1cnc(N2CCCC2CNC2CC2)c(F)c1. The lowest BCUT2D eigenvalue weighted by atomic mass is 10.2. The van der Waals surface area contributed by atoms with Crippen LogP contribution in [0.15, 0.2) is 12.3 Å². The van der Waals surface area contributed by atoms with Gasteiger partial charge in [0.1, 0.15) is 5.82 Å². The first-order valence-corrected chi connectivity index (χ1v) is 6.55. The monoisotopic (exact) mass is 253 g/mol. The third-order valence-electron chi connectivity index (χ3n) is 3.66. The zero-order valence-electron chi connectivity index (χ0n) is 10.2. The van der Waals surface area contributed by atoms with Crippen LogP contribution in [0, 0.1) is 11.6 Å². The van der Waals surface area contributed by atoms with E-state index in [0.29, 0.717) is 6.04 Å². The summed E-state index contributed by atoms with van der Waals surface area (Å²) in [7, 11) is 0. The normalized spacial score (nSPS) is 23.7. The van der Waals surface area contributed by atoms with Crippen molar-refractivity contribution in [2.24, 2.45) is 0 Å². The molecule has 0 amide bonds. The van der Waals surface area contributed by atoms with E-state index in [2.05, 4.69) is 10.3 Å². The van der Waals surface area contributed by atoms with E-state index in [1.54, 1.807) is 0 Å². The van der Waals surface area contributed by atoms with Gasteiger partial charge in [0.25, 0.3) is 0 Å². The number of rotatable bonds is 4.